The number of aliphatic hydroxyl groups is 1. The molecule has 154 valence electrons. The van der Waals surface area contributed by atoms with Gasteiger partial charge in [0.05, 0.1) is 19.3 Å². The molecule has 7 nitrogen and oxygen atoms in total. The number of ether oxygens (including phenoxy) is 1. The van der Waals surface area contributed by atoms with Crippen LogP contribution in [0.25, 0.3) is 27.7 Å². The highest BCUT2D eigenvalue weighted by molar-refractivity contribution is 5.70. The van der Waals surface area contributed by atoms with Gasteiger partial charge in [0.1, 0.15) is 5.75 Å². The van der Waals surface area contributed by atoms with Crippen molar-refractivity contribution in [1.82, 2.24) is 15.5 Å². The van der Waals surface area contributed by atoms with E-state index in [4.69, 9.17) is 20.9 Å². The van der Waals surface area contributed by atoms with Crippen molar-refractivity contribution in [2.75, 3.05) is 13.2 Å². The number of benzene rings is 2. The molecule has 1 aliphatic carbocycles. The number of aromatic nitrogens is 2. The van der Waals surface area contributed by atoms with Crippen LogP contribution in [0.4, 0.5) is 5.69 Å². The Morgan fingerprint density at radius 3 is 2.97 bits per heavy atom. The molecule has 0 amide bonds. The van der Waals surface area contributed by atoms with Gasteiger partial charge in [-0.05, 0) is 56.0 Å². The number of nitrogens with zero attached hydrogens (tertiary/aromatic N) is 3. The van der Waals surface area contributed by atoms with Crippen LogP contribution in [-0.2, 0) is 6.42 Å². The van der Waals surface area contributed by atoms with Gasteiger partial charge in [-0.3, -0.25) is 0 Å². The van der Waals surface area contributed by atoms with Crippen molar-refractivity contribution < 1.29 is 14.4 Å². The lowest BCUT2D eigenvalue weighted by Crippen LogP contribution is -2.22. The molecule has 1 aromatic heterocycles. The average molecular weight is 404 g/mol. The van der Waals surface area contributed by atoms with Crippen LogP contribution in [0.1, 0.15) is 37.4 Å². The molecule has 4 rings (SSSR count). The Labute approximate surface area is 175 Å². The van der Waals surface area contributed by atoms with E-state index >= 15 is 0 Å². The van der Waals surface area contributed by atoms with E-state index in [2.05, 4.69) is 26.4 Å². The molecule has 0 fully saturated rings. The first-order chi connectivity index (χ1) is 14.6. The first-order valence-corrected chi connectivity index (χ1v) is 10.1. The van der Waals surface area contributed by atoms with Crippen molar-refractivity contribution in [3.05, 3.63) is 58.9 Å². The summed E-state index contributed by atoms with van der Waals surface area (Å²) in [5.74, 6) is 1.46. The van der Waals surface area contributed by atoms with Gasteiger partial charge in [-0.15, -0.1) is 0 Å². The molecule has 0 saturated heterocycles. The minimum absolute atomic E-state index is 0.0118. The van der Waals surface area contributed by atoms with Crippen molar-refractivity contribution in [2.45, 2.75) is 38.8 Å². The predicted molar refractivity (Wildman–Crippen MR) is 113 cm³/mol. The van der Waals surface area contributed by atoms with E-state index in [1.807, 2.05) is 32.0 Å². The number of hydrogen-bond donors (Lipinski definition) is 2. The Kier molecular flexibility index (Phi) is 5.79. The lowest BCUT2D eigenvalue weighted by Gasteiger charge is -2.13. The van der Waals surface area contributed by atoms with Crippen LogP contribution in [0, 0.1) is 6.57 Å². The van der Waals surface area contributed by atoms with Gasteiger partial charge in [-0.25, -0.2) is 4.85 Å². The molecule has 0 aliphatic heterocycles. The average Bonchev–Trinajstić information content (AvgIpc) is 3.39. The topological polar surface area (TPSA) is 84.8 Å². The molecule has 1 atom stereocenters. The van der Waals surface area contributed by atoms with Gasteiger partial charge in [-0.1, -0.05) is 23.4 Å². The third-order valence-corrected chi connectivity index (χ3v) is 5.13. The SMILES string of the molecule is [C-]#[N+]c1cc(-c2nc(-c3cccc4c3CC[C@H]4NCCO)no2)ccc1OC(C)C. The Morgan fingerprint density at radius 1 is 1.33 bits per heavy atom. The molecule has 1 heterocycles. The van der Waals surface area contributed by atoms with Gasteiger partial charge in [0.2, 0.25) is 11.5 Å². The molecule has 0 bridgehead atoms. The highest BCUT2D eigenvalue weighted by atomic mass is 16.5. The number of fused-ring (bicyclic) bond motifs is 1. The quantitative estimate of drug-likeness (QED) is 0.571. The van der Waals surface area contributed by atoms with Crippen molar-refractivity contribution in [1.29, 1.82) is 0 Å². The summed E-state index contributed by atoms with van der Waals surface area (Å²) in [6.45, 7) is 12.0. The van der Waals surface area contributed by atoms with E-state index in [0.717, 1.165) is 18.4 Å². The Balaban J connectivity index is 1.63. The summed E-state index contributed by atoms with van der Waals surface area (Å²) in [4.78, 5) is 8.16. The Hall–Kier alpha value is -3.21. The Morgan fingerprint density at radius 2 is 2.20 bits per heavy atom. The maximum absolute atomic E-state index is 9.09. The standard InChI is InChI=1S/C23H24N4O3/c1-14(2)29-21-10-7-15(13-20(21)24-3)23-26-22(27-30-23)18-6-4-5-17-16(18)8-9-19(17)25-11-12-28/h4-7,10,13-14,19,25,28H,8-9,11-12H2,1-2H3/t19-/m1/s1. The largest absolute Gasteiger partial charge is 0.502 e. The van der Waals surface area contributed by atoms with Gasteiger partial charge in [0, 0.05) is 23.7 Å². The molecular formula is C23H24N4O3. The van der Waals surface area contributed by atoms with Crippen molar-refractivity contribution in [2.24, 2.45) is 0 Å². The van der Waals surface area contributed by atoms with Crippen LogP contribution in [0.5, 0.6) is 5.75 Å². The van der Waals surface area contributed by atoms with Crippen LogP contribution in [0.2, 0.25) is 0 Å². The minimum atomic E-state index is -0.0118. The second-order valence-corrected chi connectivity index (χ2v) is 7.53. The second-order valence-electron chi connectivity index (χ2n) is 7.53. The van der Waals surface area contributed by atoms with Gasteiger partial charge in [0.25, 0.3) is 5.89 Å². The fourth-order valence-corrected chi connectivity index (χ4v) is 3.86. The zero-order valence-electron chi connectivity index (χ0n) is 17.1. The molecular weight excluding hydrogens is 380 g/mol. The summed E-state index contributed by atoms with van der Waals surface area (Å²) in [5, 5.41) is 16.7. The maximum atomic E-state index is 9.09. The maximum Gasteiger partial charge on any atom is 0.256 e. The first kappa shape index (κ1) is 20.1. The lowest BCUT2D eigenvalue weighted by atomic mass is 10.0. The fourth-order valence-electron chi connectivity index (χ4n) is 3.86. The van der Waals surface area contributed by atoms with Crippen molar-refractivity contribution in [3.8, 4) is 28.6 Å². The van der Waals surface area contributed by atoms with E-state index in [-0.39, 0.29) is 18.8 Å². The van der Waals surface area contributed by atoms with E-state index in [1.54, 1.807) is 12.1 Å². The highest BCUT2D eigenvalue weighted by Crippen LogP contribution is 2.38. The van der Waals surface area contributed by atoms with E-state index in [9.17, 15) is 0 Å². The highest BCUT2D eigenvalue weighted by Gasteiger charge is 2.26. The zero-order chi connectivity index (χ0) is 21.1. The summed E-state index contributed by atoms with van der Waals surface area (Å²) < 4.78 is 11.2. The summed E-state index contributed by atoms with van der Waals surface area (Å²) in [6.07, 6.45) is 1.88. The molecule has 30 heavy (non-hydrogen) atoms. The third-order valence-electron chi connectivity index (χ3n) is 5.13. The molecule has 0 unspecified atom stereocenters. The zero-order valence-corrected chi connectivity index (χ0v) is 17.1. The van der Waals surface area contributed by atoms with Gasteiger partial charge in [0.15, 0.2) is 0 Å². The van der Waals surface area contributed by atoms with Gasteiger partial charge >= 0.3 is 0 Å². The summed E-state index contributed by atoms with van der Waals surface area (Å²) in [7, 11) is 0. The fraction of sp³-hybridized carbons (Fsp3) is 0.348. The number of hydrogen-bond acceptors (Lipinski definition) is 6. The number of rotatable bonds is 7. The molecule has 0 saturated carbocycles. The Bertz CT molecular complexity index is 1080. The minimum Gasteiger partial charge on any atom is -0.502 e. The van der Waals surface area contributed by atoms with Gasteiger partial charge in [-0.2, -0.15) is 4.98 Å². The molecule has 0 radical (unpaired) electrons. The molecule has 3 aromatic rings. The van der Waals surface area contributed by atoms with Crippen molar-refractivity contribution >= 4 is 5.69 Å². The third kappa shape index (κ3) is 3.92. The molecule has 7 heteroatoms. The number of aliphatic hydroxyl groups excluding tert-OH is 1. The van der Waals surface area contributed by atoms with Crippen LogP contribution < -0.4 is 10.1 Å². The van der Waals surface area contributed by atoms with Crippen molar-refractivity contribution in [3.63, 3.8) is 0 Å². The normalized spacial score (nSPS) is 15.2. The first-order valence-electron chi connectivity index (χ1n) is 10.1. The van der Waals surface area contributed by atoms with Crippen LogP contribution >= 0.6 is 0 Å². The predicted octanol–water partition coefficient (Wildman–Crippen LogP) is 4.31. The van der Waals surface area contributed by atoms with E-state index in [1.165, 1.54) is 11.1 Å². The molecule has 1 aliphatic rings. The van der Waals surface area contributed by atoms with E-state index < -0.39 is 0 Å². The number of nitrogens with one attached hydrogen (secondary N) is 1. The molecule has 0 spiro atoms. The monoisotopic (exact) mass is 404 g/mol. The van der Waals surface area contributed by atoms with Crippen LogP contribution in [0.3, 0.4) is 0 Å². The van der Waals surface area contributed by atoms with Crippen LogP contribution in [-0.4, -0.2) is 34.5 Å². The smallest absolute Gasteiger partial charge is 0.256 e. The summed E-state index contributed by atoms with van der Waals surface area (Å²) >= 11 is 0. The molecule has 2 aromatic carbocycles. The summed E-state index contributed by atoms with van der Waals surface area (Å²) in [6, 6.07) is 11.7. The molecule has 2 N–H and O–H groups in total. The van der Waals surface area contributed by atoms with Crippen LogP contribution in [0.15, 0.2) is 40.9 Å². The van der Waals surface area contributed by atoms with E-state index in [0.29, 0.717) is 35.3 Å². The lowest BCUT2D eigenvalue weighted by molar-refractivity contribution is 0.244. The summed E-state index contributed by atoms with van der Waals surface area (Å²) in [5.41, 5.74) is 4.49. The van der Waals surface area contributed by atoms with Gasteiger partial charge < -0.3 is 19.7 Å². The second kappa shape index (κ2) is 8.66.